The van der Waals surface area contributed by atoms with Crippen LogP contribution in [0.5, 0.6) is 0 Å². The first-order valence-corrected chi connectivity index (χ1v) is 5.52. The van der Waals surface area contributed by atoms with Crippen molar-refractivity contribution >= 4 is 5.91 Å². The highest BCUT2D eigenvalue weighted by Crippen LogP contribution is 2.26. The summed E-state index contributed by atoms with van der Waals surface area (Å²) < 4.78 is 32.1. The number of hydrogen-bond donors (Lipinski definition) is 2. The zero-order chi connectivity index (χ0) is 13.4. The van der Waals surface area contributed by atoms with E-state index in [1.54, 1.807) is 18.2 Å². The van der Waals surface area contributed by atoms with Crippen LogP contribution in [0.2, 0.25) is 0 Å². The zero-order valence-electron chi connectivity index (χ0n) is 9.86. The predicted octanol–water partition coefficient (Wildman–Crippen LogP) is 0.870. The van der Waals surface area contributed by atoms with E-state index in [1.807, 2.05) is 0 Å². The lowest BCUT2D eigenvalue weighted by molar-refractivity contribution is -0.122. The molecule has 0 aliphatic carbocycles. The lowest BCUT2D eigenvalue weighted by Gasteiger charge is -2.17. The minimum atomic E-state index is -2.93. The van der Waals surface area contributed by atoms with Crippen molar-refractivity contribution in [3.63, 3.8) is 0 Å². The number of nitrogens with one attached hydrogen (secondary N) is 1. The average molecular weight is 258 g/mol. The first-order valence-electron chi connectivity index (χ1n) is 5.52. The lowest BCUT2D eigenvalue weighted by atomic mass is 10.1. The molecule has 1 rings (SSSR count). The summed E-state index contributed by atoms with van der Waals surface area (Å²) >= 11 is 0. The molecule has 6 heteroatoms. The average Bonchev–Trinajstić information content (AvgIpc) is 2.34. The fourth-order valence-electron chi connectivity index (χ4n) is 1.35. The number of hydrogen-bond acceptors (Lipinski definition) is 3. The van der Waals surface area contributed by atoms with Gasteiger partial charge < -0.3 is 15.8 Å². The molecule has 18 heavy (non-hydrogen) atoms. The molecule has 0 aliphatic heterocycles. The van der Waals surface area contributed by atoms with E-state index in [2.05, 4.69) is 5.32 Å². The van der Waals surface area contributed by atoms with Crippen LogP contribution < -0.4 is 11.1 Å². The first-order chi connectivity index (χ1) is 8.52. The molecule has 100 valence electrons. The first kappa shape index (κ1) is 14.5. The fourth-order valence-corrected chi connectivity index (χ4v) is 1.35. The number of ether oxygens (including phenoxy) is 1. The summed E-state index contributed by atoms with van der Waals surface area (Å²) in [4.78, 5) is 10.3. The molecule has 4 nitrogen and oxygen atoms in total. The maximum atomic E-state index is 13.6. The van der Waals surface area contributed by atoms with Crippen LogP contribution in [0.3, 0.4) is 0 Å². The molecule has 1 aromatic carbocycles. The third kappa shape index (κ3) is 5.20. The largest absolute Gasteiger partial charge is 0.370 e. The third-order valence-corrected chi connectivity index (χ3v) is 2.21. The number of amides is 1. The fraction of sp³-hybridized carbons (Fsp3) is 0.417. The monoisotopic (exact) mass is 258 g/mol. The molecule has 1 aromatic rings. The predicted molar refractivity (Wildman–Crippen MR) is 63.2 cm³/mol. The maximum Gasteiger partial charge on any atom is 0.285 e. The van der Waals surface area contributed by atoms with Gasteiger partial charge in [0.25, 0.3) is 5.92 Å². The standard InChI is InChI=1S/C12H16F2N2O2/c13-12(14,10-4-2-1-3-5-10)9-16-6-7-18-8-11(15)17/h1-5,16H,6-9H2,(H2,15,17). The van der Waals surface area contributed by atoms with Gasteiger partial charge in [-0.2, -0.15) is 8.78 Å². The van der Waals surface area contributed by atoms with Crippen molar-refractivity contribution in [2.45, 2.75) is 5.92 Å². The molecule has 0 heterocycles. The normalized spacial score (nSPS) is 11.4. The zero-order valence-corrected chi connectivity index (χ0v) is 9.86. The number of alkyl halides is 2. The van der Waals surface area contributed by atoms with Gasteiger partial charge in [0.05, 0.1) is 13.2 Å². The van der Waals surface area contributed by atoms with E-state index in [1.165, 1.54) is 12.1 Å². The van der Waals surface area contributed by atoms with Gasteiger partial charge >= 0.3 is 0 Å². The third-order valence-electron chi connectivity index (χ3n) is 2.21. The Balaban J connectivity index is 2.24. The Bertz CT molecular complexity index is 372. The van der Waals surface area contributed by atoms with Crippen LogP contribution in [-0.4, -0.2) is 32.2 Å². The van der Waals surface area contributed by atoms with Crippen LogP contribution in [0.15, 0.2) is 30.3 Å². The highest BCUT2D eigenvalue weighted by molar-refractivity contribution is 5.74. The molecule has 0 saturated carbocycles. The van der Waals surface area contributed by atoms with E-state index in [0.29, 0.717) is 0 Å². The number of rotatable bonds is 8. The van der Waals surface area contributed by atoms with Crippen LogP contribution in [0, 0.1) is 0 Å². The number of benzene rings is 1. The minimum Gasteiger partial charge on any atom is -0.370 e. The smallest absolute Gasteiger partial charge is 0.285 e. The Kier molecular flexibility index (Phi) is 5.67. The molecule has 1 amide bonds. The van der Waals surface area contributed by atoms with E-state index >= 15 is 0 Å². The van der Waals surface area contributed by atoms with Crippen LogP contribution in [-0.2, 0) is 15.5 Å². The molecule has 3 N–H and O–H groups in total. The van der Waals surface area contributed by atoms with Gasteiger partial charge in [0, 0.05) is 12.1 Å². The molecule has 0 saturated heterocycles. The molecule has 0 atom stereocenters. The van der Waals surface area contributed by atoms with Gasteiger partial charge in [0.1, 0.15) is 6.61 Å². The lowest BCUT2D eigenvalue weighted by Crippen LogP contribution is -2.33. The number of halogens is 2. The van der Waals surface area contributed by atoms with E-state index in [9.17, 15) is 13.6 Å². The van der Waals surface area contributed by atoms with Crippen molar-refractivity contribution in [2.24, 2.45) is 5.73 Å². The SMILES string of the molecule is NC(=O)COCCNCC(F)(F)c1ccccc1. The Morgan fingerprint density at radius 2 is 2.00 bits per heavy atom. The molecule has 0 bridgehead atoms. The van der Waals surface area contributed by atoms with Crippen LogP contribution in [0.25, 0.3) is 0 Å². The molecular weight excluding hydrogens is 242 g/mol. The number of primary amides is 1. The second-order valence-corrected chi connectivity index (χ2v) is 3.77. The second-order valence-electron chi connectivity index (χ2n) is 3.77. The van der Waals surface area contributed by atoms with Gasteiger partial charge in [0.15, 0.2) is 0 Å². The highest BCUT2D eigenvalue weighted by atomic mass is 19.3. The summed E-state index contributed by atoms with van der Waals surface area (Å²) in [5, 5.41) is 2.57. The second kappa shape index (κ2) is 7.03. The number of carbonyl (C=O) groups excluding carboxylic acids is 1. The maximum absolute atomic E-state index is 13.6. The summed E-state index contributed by atoms with van der Waals surface area (Å²) in [6, 6.07) is 7.58. The van der Waals surface area contributed by atoms with Crippen molar-refractivity contribution in [1.82, 2.24) is 5.32 Å². The van der Waals surface area contributed by atoms with Crippen molar-refractivity contribution in [1.29, 1.82) is 0 Å². The van der Waals surface area contributed by atoms with Gasteiger partial charge in [-0.25, -0.2) is 0 Å². The Hall–Kier alpha value is -1.53. The Morgan fingerprint density at radius 3 is 2.61 bits per heavy atom. The molecule has 0 spiro atoms. The topological polar surface area (TPSA) is 64.4 Å². The summed E-state index contributed by atoms with van der Waals surface area (Å²) in [6.07, 6.45) is 0. The molecule has 0 aliphatic rings. The quantitative estimate of drug-likeness (QED) is 0.680. The van der Waals surface area contributed by atoms with Crippen molar-refractivity contribution in [2.75, 3.05) is 26.3 Å². The van der Waals surface area contributed by atoms with E-state index in [0.717, 1.165) is 0 Å². The van der Waals surface area contributed by atoms with Crippen molar-refractivity contribution in [3.05, 3.63) is 35.9 Å². The molecule has 0 radical (unpaired) electrons. The van der Waals surface area contributed by atoms with Crippen LogP contribution in [0.4, 0.5) is 8.78 Å². The summed E-state index contributed by atoms with van der Waals surface area (Å²) in [7, 11) is 0. The van der Waals surface area contributed by atoms with E-state index in [-0.39, 0.29) is 25.3 Å². The van der Waals surface area contributed by atoms with Crippen molar-refractivity contribution < 1.29 is 18.3 Å². The number of carbonyl (C=O) groups is 1. The van der Waals surface area contributed by atoms with Gasteiger partial charge in [-0.3, -0.25) is 4.79 Å². The van der Waals surface area contributed by atoms with E-state index in [4.69, 9.17) is 10.5 Å². The van der Waals surface area contributed by atoms with Gasteiger partial charge in [0.2, 0.25) is 5.91 Å². The van der Waals surface area contributed by atoms with Crippen LogP contribution >= 0.6 is 0 Å². The van der Waals surface area contributed by atoms with Gasteiger partial charge in [-0.05, 0) is 0 Å². The molecule has 0 unspecified atom stereocenters. The summed E-state index contributed by atoms with van der Waals surface area (Å²) in [6.45, 7) is -0.281. The van der Waals surface area contributed by atoms with Crippen LogP contribution in [0.1, 0.15) is 5.56 Å². The Morgan fingerprint density at radius 1 is 1.33 bits per heavy atom. The van der Waals surface area contributed by atoms with E-state index < -0.39 is 18.4 Å². The Labute approximate surface area is 104 Å². The van der Waals surface area contributed by atoms with Gasteiger partial charge in [-0.15, -0.1) is 0 Å². The molecule has 0 aromatic heterocycles. The summed E-state index contributed by atoms with van der Waals surface area (Å²) in [5.74, 6) is -3.50. The van der Waals surface area contributed by atoms with Gasteiger partial charge in [-0.1, -0.05) is 30.3 Å². The van der Waals surface area contributed by atoms with Crippen molar-refractivity contribution in [3.8, 4) is 0 Å². The molecule has 0 fully saturated rings. The summed E-state index contributed by atoms with van der Waals surface area (Å²) in [5.41, 5.74) is 4.82. The highest BCUT2D eigenvalue weighted by Gasteiger charge is 2.30. The minimum absolute atomic E-state index is 0.0319. The molecular formula is C12H16F2N2O2. The number of nitrogens with two attached hydrogens (primary N) is 1.